The molecule has 2 atom stereocenters. The number of amidine groups is 1. The third-order valence-electron chi connectivity index (χ3n) is 10.7. The summed E-state index contributed by atoms with van der Waals surface area (Å²) in [5.74, 6) is 0.833. The molecule has 0 spiro atoms. The first-order chi connectivity index (χ1) is 25.3. The number of hydrogen-bond acceptors (Lipinski definition) is 4. The summed E-state index contributed by atoms with van der Waals surface area (Å²) in [6, 6.07) is 58.5. The van der Waals surface area contributed by atoms with E-state index in [1.54, 1.807) is 0 Å². The van der Waals surface area contributed by atoms with Gasteiger partial charge in [-0.15, -0.1) is 0 Å². The summed E-state index contributed by atoms with van der Waals surface area (Å²) in [4.78, 5) is 5.40. The Bertz CT molecular complexity index is 2860. The first-order valence-corrected chi connectivity index (χ1v) is 17.5. The largest absolute Gasteiger partial charge is 0.456 e. The minimum absolute atomic E-state index is 0.152. The topological polar surface area (TPSA) is 49.6 Å². The number of hydrogen-bond donors (Lipinski definition) is 2. The normalized spacial score (nSPS) is 16.4. The molecule has 2 aliphatic rings. The van der Waals surface area contributed by atoms with E-state index in [1.165, 1.54) is 49.4 Å². The second-order valence-corrected chi connectivity index (χ2v) is 13.5. The third kappa shape index (κ3) is 4.33. The number of fused-ring (bicyclic) bond motifs is 7. The van der Waals surface area contributed by atoms with E-state index in [0.29, 0.717) is 0 Å². The Labute approximate surface area is 294 Å². The Morgan fingerprint density at radius 1 is 0.431 bits per heavy atom. The van der Waals surface area contributed by atoms with Crippen LogP contribution in [0.3, 0.4) is 0 Å². The molecule has 240 valence electrons. The first kappa shape index (κ1) is 28.4. The lowest BCUT2D eigenvalue weighted by Gasteiger charge is -2.32. The SMILES string of the molecule is c1ccc(C2NC(c3cccc4oc5cccc(-c6ccc7c8c(cccc68)-c6ccccc6-7)c5c34)=NC(c3ccc4ccccc4c3)N2)cc1. The van der Waals surface area contributed by atoms with E-state index in [1.807, 2.05) is 0 Å². The van der Waals surface area contributed by atoms with Crippen molar-refractivity contribution in [2.75, 3.05) is 0 Å². The summed E-state index contributed by atoms with van der Waals surface area (Å²) in [5, 5.41) is 14.7. The minimum Gasteiger partial charge on any atom is -0.456 e. The van der Waals surface area contributed by atoms with Gasteiger partial charge in [-0.3, -0.25) is 5.32 Å². The van der Waals surface area contributed by atoms with Crippen molar-refractivity contribution in [3.8, 4) is 33.4 Å². The van der Waals surface area contributed by atoms with Gasteiger partial charge in [0, 0.05) is 16.3 Å². The second kappa shape index (κ2) is 11.0. The number of benzene rings is 8. The zero-order valence-corrected chi connectivity index (χ0v) is 27.6. The van der Waals surface area contributed by atoms with Crippen molar-refractivity contribution in [3.63, 3.8) is 0 Å². The van der Waals surface area contributed by atoms with Crippen LogP contribution in [0.5, 0.6) is 0 Å². The third-order valence-corrected chi connectivity index (χ3v) is 10.7. The number of nitrogens with one attached hydrogen (secondary N) is 2. The highest BCUT2D eigenvalue weighted by atomic mass is 16.3. The van der Waals surface area contributed by atoms with Crippen LogP contribution >= 0.6 is 0 Å². The highest BCUT2D eigenvalue weighted by Crippen LogP contribution is 2.50. The monoisotopic (exact) mass is 653 g/mol. The molecule has 1 aliphatic carbocycles. The van der Waals surface area contributed by atoms with Crippen molar-refractivity contribution in [1.82, 2.24) is 10.6 Å². The van der Waals surface area contributed by atoms with Crippen molar-refractivity contribution in [2.24, 2.45) is 4.99 Å². The van der Waals surface area contributed by atoms with E-state index < -0.39 is 0 Å². The summed E-state index contributed by atoms with van der Waals surface area (Å²) in [6.07, 6.45) is -0.414. The number of nitrogens with zero attached hydrogens (tertiary/aromatic N) is 1. The van der Waals surface area contributed by atoms with Gasteiger partial charge in [0.25, 0.3) is 0 Å². The first-order valence-electron chi connectivity index (χ1n) is 17.5. The van der Waals surface area contributed by atoms with Gasteiger partial charge in [-0.2, -0.15) is 0 Å². The molecule has 4 heteroatoms. The van der Waals surface area contributed by atoms with E-state index in [4.69, 9.17) is 9.41 Å². The van der Waals surface area contributed by atoms with Crippen LogP contribution in [0.15, 0.2) is 173 Å². The Hall–Kier alpha value is -6.49. The molecule has 2 unspecified atom stereocenters. The Morgan fingerprint density at radius 3 is 1.84 bits per heavy atom. The average molecular weight is 654 g/mol. The molecule has 2 N–H and O–H groups in total. The van der Waals surface area contributed by atoms with Crippen molar-refractivity contribution >= 4 is 49.3 Å². The Balaban J connectivity index is 1.13. The summed E-state index contributed by atoms with van der Waals surface area (Å²) in [7, 11) is 0. The number of furan rings is 1. The van der Waals surface area contributed by atoms with E-state index in [0.717, 1.165) is 50.0 Å². The molecule has 2 heterocycles. The quantitative estimate of drug-likeness (QED) is 0.199. The molecule has 8 aromatic carbocycles. The van der Waals surface area contributed by atoms with Crippen LogP contribution in [0.1, 0.15) is 29.0 Å². The number of aliphatic imine (C=N–C) groups is 1. The highest BCUT2D eigenvalue weighted by molar-refractivity contribution is 6.25. The highest BCUT2D eigenvalue weighted by Gasteiger charge is 2.29. The molecule has 11 rings (SSSR count). The van der Waals surface area contributed by atoms with Gasteiger partial charge in [0.05, 0.1) is 0 Å². The fraction of sp³-hybridized carbons (Fsp3) is 0.0426. The van der Waals surface area contributed by atoms with Crippen LogP contribution in [0, 0.1) is 0 Å². The maximum atomic E-state index is 6.64. The Morgan fingerprint density at radius 2 is 1.04 bits per heavy atom. The molecule has 0 fully saturated rings. The fourth-order valence-corrected chi connectivity index (χ4v) is 8.39. The molecule has 0 saturated heterocycles. The summed E-state index contributed by atoms with van der Waals surface area (Å²) >= 11 is 0. The van der Waals surface area contributed by atoms with Crippen LogP contribution in [0.4, 0.5) is 0 Å². The molecule has 1 aromatic heterocycles. The van der Waals surface area contributed by atoms with Crippen LogP contribution in [-0.2, 0) is 0 Å². The molecule has 0 amide bonds. The van der Waals surface area contributed by atoms with Gasteiger partial charge in [0.1, 0.15) is 29.3 Å². The molecule has 9 aromatic rings. The molecule has 0 saturated carbocycles. The van der Waals surface area contributed by atoms with Crippen molar-refractivity contribution in [1.29, 1.82) is 0 Å². The maximum Gasteiger partial charge on any atom is 0.136 e. The summed E-state index contributed by atoms with van der Waals surface area (Å²) in [5.41, 5.74) is 12.5. The lowest BCUT2D eigenvalue weighted by molar-refractivity contribution is 0.409. The molecular weight excluding hydrogens is 623 g/mol. The minimum atomic E-state index is -0.262. The standard InChI is InChI=1S/C47H31N3O/c1-2-12-29(13-3-1)45-48-46(31-24-23-28-11-4-5-14-30(28)27-31)50-47(49-45)39-20-10-22-41-44(39)43-37(19-9-21-40(43)51-41)34-25-26-38-33-16-7-6-15-32(33)35-17-8-18-36(34)42(35)38/h1-27,45-46,48H,(H,49,50). The van der Waals surface area contributed by atoms with Gasteiger partial charge >= 0.3 is 0 Å². The van der Waals surface area contributed by atoms with Gasteiger partial charge in [0.15, 0.2) is 0 Å². The molecular formula is C47H31N3O. The molecule has 0 bridgehead atoms. The lowest BCUT2D eigenvalue weighted by atomic mass is 9.91. The van der Waals surface area contributed by atoms with Crippen LogP contribution in [-0.4, -0.2) is 5.84 Å². The molecule has 4 nitrogen and oxygen atoms in total. The van der Waals surface area contributed by atoms with E-state index in [9.17, 15) is 0 Å². The van der Waals surface area contributed by atoms with Crippen molar-refractivity contribution in [3.05, 3.63) is 180 Å². The Kier molecular flexibility index (Phi) is 6.12. The number of rotatable bonds is 4. The van der Waals surface area contributed by atoms with Gasteiger partial charge in [0.2, 0.25) is 0 Å². The van der Waals surface area contributed by atoms with Crippen LogP contribution < -0.4 is 10.6 Å². The fourth-order valence-electron chi connectivity index (χ4n) is 8.39. The molecule has 1 aliphatic heterocycles. The van der Waals surface area contributed by atoms with Gasteiger partial charge < -0.3 is 9.73 Å². The molecule has 0 radical (unpaired) electrons. The van der Waals surface area contributed by atoms with Gasteiger partial charge in [-0.25, -0.2) is 4.99 Å². The van der Waals surface area contributed by atoms with E-state index >= 15 is 0 Å². The van der Waals surface area contributed by atoms with Crippen LogP contribution in [0.25, 0.3) is 76.9 Å². The zero-order valence-electron chi connectivity index (χ0n) is 27.6. The summed E-state index contributed by atoms with van der Waals surface area (Å²) in [6.45, 7) is 0. The van der Waals surface area contributed by atoms with Crippen molar-refractivity contribution in [2.45, 2.75) is 12.3 Å². The molecule has 51 heavy (non-hydrogen) atoms. The van der Waals surface area contributed by atoms with Gasteiger partial charge in [-0.1, -0.05) is 146 Å². The lowest BCUT2D eigenvalue weighted by Crippen LogP contribution is -2.45. The predicted octanol–water partition coefficient (Wildman–Crippen LogP) is 11.5. The van der Waals surface area contributed by atoms with Crippen LogP contribution in [0.2, 0.25) is 0 Å². The predicted molar refractivity (Wildman–Crippen MR) is 210 cm³/mol. The van der Waals surface area contributed by atoms with E-state index in [2.05, 4.69) is 174 Å². The van der Waals surface area contributed by atoms with Crippen molar-refractivity contribution < 1.29 is 4.42 Å². The zero-order chi connectivity index (χ0) is 33.5. The maximum absolute atomic E-state index is 6.64. The second-order valence-electron chi connectivity index (χ2n) is 13.5. The smallest absolute Gasteiger partial charge is 0.136 e. The van der Waals surface area contributed by atoms with E-state index in [-0.39, 0.29) is 12.3 Å². The summed E-state index contributed by atoms with van der Waals surface area (Å²) < 4.78 is 6.64. The van der Waals surface area contributed by atoms with Gasteiger partial charge in [-0.05, 0) is 84.3 Å². The average Bonchev–Trinajstić information content (AvgIpc) is 3.75.